The van der Waals surface area contributed by atoms with Crippen molar-refractivity contribution in [1.29, 1.82) is 0 Å². The fourth-order valence-electron chi connectivity index (χ4n) is 1.00. The molecule has 2 nitrogen and oxygen atoms in total. The van der Waals surface area contributed by atoms with Crippen LogP contribution >= 0.6 is 15.9 Å². The zero-order valence-corrected chi connectivity index (χ0v) is 9.94. The molecule has 0 spiro atoms. The summed E-state index contributed by atoms with van der Waals surface area (Å²) < 4.78 is 4.95. The Morgan fingerprint density at radius 3 is 2.73 bits per heavy atom. The first kappa shape index (κ1) is 12.0. The average Bonchev–Trinajstić information content (AvgIpc) is 2.28. The molecule has 1 aromatic carbocycles. The number of hydrogen-bond donors (Lipinski definition) is 0. The van der Waals surface area contributed by atoms with Crippen molar-refractivity contribution in [1.82, 2.24) is 0 Å². The van der Waals surface area contributed by atoms with Crippen molar-refractivity contribution in [2.75, 3.05) is 11.9 Å². The van der Waals surface area contributed by atoms with Crippen LogP contribution in [0.2, 0.25) is 0 Å². The maximum atomic E-state index is 11.2. The lowest BCUT2D eigenvalue weighted by molar-refractivity contribution is -0.137. The third kappa shape index (κ3) is 5.37. The highest BCUT2D eigenvalue weighted by molar-refractivity contribution is 9.09. The summed E-state index contributed by atoms with van der Waals surface area (Å²) in [5, 5.41) is 0.850. The topological polar surface area (TPSA) is 26.3 Å². The van der Waals surface area contributed by atoms with Crippen molar-refractivity contribution in [3.8, 4) is 0 Å². The van der Waals surface area contributed by atoms with Gasteiger partial charge in [0.05, 0.1) is 6.61 Å². The molecule has 0 saturated carbocycles. The van der Waals surface area contributed by atoms with Gasteiger partial charge in [0.1, 0.15) is 0 Å². The quantitative estimate of drug-likeness (QED) is 0.355. The molecule has 3 heteroatoms. The fraction of sp³-hybridized carbons (Fsp3) is 0.250. The molecule has 0 aliphatic carbocycles. The standard InChI is InChI=1S/C12H13BrO2/c13-9-4-10-15-12(14)8-7-11-5-2-1-3-6-11/h1-3,5-8H,4,9-10H2. The highest BCUT2D eigenvalue weighted by atomic mass is 79.9. The van der Waals surface area contributed by atoms with Gasteiger partial charge in [0, 0.05) is 11.4 Å². The second kappa shape index (κ2) is 7.23. The summed E-state index contributed by atoms with van der Waals surface area (Å²) in [6.07, 6.45) is 4.03. The van der Waals surface area contributed by atoms with Gasteiger partial charge >= 0.3 is 5.97 Å². The summed E-state index contributed by atoms with van der Waals surface area (Å²) in [7, 11) is 0. The predicted molar refractivity (Wildman–Crippen MR) is 64.8 cm³/mol. The van der Waals surface area contributed by atoms with Crippen LogP contribution in [-0.4, -0.2) is 17.9 Å². The van der Waals surface area contributed by atoms with E-state index in [1.165, 1.54) is 6.08 Å². The number of carbonyl (C=O) groups is 1. The minimum absolute atomic E-state index is 0.292. The lowest BCUT2D eigenvalue weighted by Crippen LogP contribution is -2.02. The van der Waals surface area contributed by atoms with Crippen molar-refractivity contribution in [2.45, 2.75) is 6.42 Å². The maximum Gasteiger partial charge on any atom is 0.330 e. The first-order valence-electron chi connectivity index (χ1n) is 4.79. The van der Waals surface area contributed by atoms with E-state index in [9.17, 15) is 4.79 Å². The molecule has 0 aliphatic heterocycles. The van der Waals surface area contributed by atoms with E-state index in [4.69, 9.17) is 4.74 Å². The van der Waals surface area contributed by atoms with E-state index >= 15 is 0 Å². The third-order valence-electron chi connectivity index (χ3n) is 1.73. The van der Waals surface area contributed by atoms with Gasteiger partial charge in [-0.1, -0.05) is 46.3 Å². The molecule has 0 unspecified atom stereocenters. The smallest absolute Gasteiger partial charge is 0.330 e. The van der Waals surface area contributed by atoms with E-state index in [2.05, 4.69) is 15.9 Å². The number of rotatable bonds is 5. The van der Waals surface area contributed by atoms with E-state index < -0.39 is 0 Å². The van der Waals surface area contributed by atoms with Gasteiger partial charge in [-0.25, -0.2) is 4.79 Å². The first-order valence-corrected chi connectivity index (χ1v) is 5.91. The molecule has 0 atom stereocenters. The summed E-state index contributed by atoms with van der Waals surface area (Å²) in [6.45, 7) is 0.462. The van der Waals surface area contributed by atoms with Gasteiger partial charge in [0.15, 0.2) is 0 Å². The number of alkyl halides is 1. The number of esters is 1. The van der Waals surface area contributed by atoms with Crippen LogP contribution in [0.15, 0.2) is 36.4 Å². The first-order chi connectivity index (χ1) is 7.33. The normalized spacial score (nSPS) is 10.5. The van der Waals surface area contributed by atoms with Gasteiger partial charge in [0.25, 0.3) is 0 Å². The van der Waals surface area contributed by atoms with Gasteiger partial charge in [-0.2, -0.15) is 0 Å². The van der Waals surface area contributed by atoms with E-state index in [0.29, 0.717) is 6.61 Å². The van der Waals surface area contributed by atoms with Crippen LogP contribution in [0.4, 0.5) is 0 Å². The lowest BCUT2D eigenvalue weighted by Gasteiger charge is -1.98. The summed E-state index contributed by atoms with van der Waals surface area (Å²) in [5.41, 5.74) is 0.995. The van der Waals surface area contributed by atoms with Crippen molar-refractivity contribution in [3.05, 3.63) is 42.0 Å². The SMILES string of the molecule is O=C(C=Cc1ccccc1)OCCCBr. The van der Waals surface area contributed by atoms with Crippen LogP contribution in [0.1, 0.15) is 12.0 Å². The maximum absolute atomic E-state index is 11.2. The van der Waals surface area contributed by atoms with Crippen molar-refractivity contribution < 1.29 is 9.53 Å². The van der Waals surface area contributed by atoms with Crippen LogP contribution in [0.25, 0.3) is 6.08 Å². The molecule has 1 rings (SSSR count). The number of benzene rings is 1. The average molecular weight is 269 g/mol. The van der Waals surface area contributed by atoms with E-state index in [0.717, 1.165) is 17.3 Å². The molecule has 0 heterocycles. The molecule has 0 aromatic heterocycles. The number of hydrogen-bond acceptors (Lipinski definition) is 2. The highest BCUT2D eigenvalue weighted by Gasteiger charge is 1.95. The minimum Gasteiger partial charge on any atom is -0.462 e. The molecule has 1 aromatic rings. The Hall–Kier alpha value is -1.09. The van der Waals surface area contributed by atoms with Crippen LogP contribution in [0.3, 0.4) is 0 Å². The Balaban J connectivity index is 2.34. The van der Waals surface area contributed by atoms with Gasteiger partial charge in [-0.15, -0.1) is 0 Å². The van der Waals surface area contributed by atoms with Gasteiger partial charge < -0.3 is 4.74 Å². The molecule has 0 radical (unpaired) electrons. The molecular weight excluding hydrogens is 256 g/mol. The van der Waals surface area contributed by atoms with Crippen molar-refractivity contribution in [3.63, 3.8) is 0 Å². The van der Waals surface area contributed by atoms with Crippen LogP contribution in [-0.2, 0) is 9.53 Å². The highest BCUT2D eigenvalue weighted by Crippen LogP contribution is 2.01. The molecule has 0 aliphatic rings. The van der Waals surface area contributed by atoms with Gasteiger partial charge in [-0.3, -0.25) is 0 Å². The number of ether oxygens (including phenoxy) is 1. The third-order valence-corrected chi connectivity index (χ3v) is 2.29. The second-order valence-electron chi connectivity index (χ2n) is 2.95. The molecule has 0 N–H and O–H groups in total. The molecule has 80 valence electrons. The van der Waals surface area contributed by atoms with E-state index in [-0.39, 0.29) is 5.97 Å². The van der Waals surface area contributed by atoms with Crippen LogP contribution < -0.4 is 0 Å². The van der Waals surface area contributed by atoms with Gasteiger partial charge in [0.2, 0.25) is 0 Å². The molecule has 0 bridgehead atoms. The largest absolute Gasteiger partial charge is 0.462 e. The van der Waals surface area contributed by atoms with Crippen LogP contribution in [0, 0.1) is 0 Å². The molecule has 15 heavy (non-hydrogen) atoms. The Labute approximate surface area is 98.1 Å². The Bertz CT molecular complexity index is 320. The summed E-state index contributed by atoms with van der Waals surface area (Å²) in [6, 6.07) is 9.65. The number of halogens is 1. The molecular formula is C12H13BrO2. The van der Waals surface area contributed by atoms with Gasteiger partial charge in [-0.05, 0) is 18.1 Å². The van der Waals surface area contributed by atoms with Crippen molar-refractivity contribution in [2.24, 2.45) is 0 Å². The zero-order chi connectivity index (χ0) is 10.9. The zero-order valence-electron chi connectivity index (χ0n) is 8.36. The summed E-state index contributed by atoms with van der Waals surface area (Å²) >= 11 is 3.27. The molecule has 0 saturated heterocycles. The Morgan fingerprint density at radius 1 is 1.33 bits per heavy atom. The van der Waals surface area contributed by atoms with E-state index in [1.807, 2.05) is 30.3 Å². The Kier molecular flexibility index (Phi) is 5.78. The molecule has 0 amide bonds. The van der Waals surface area contributed by atoms with Crippen LogP contribution in [0.5, 0.6) is 0 Å². The second-order valence-corrected chi connectivity index (χ2v) is 3.75. The van der Waals surface area contributed by atoms with Crippen molar-refractivity contribution >= 4 is 28.0 Å². The minimum atomic E-state index is -0.292. The lowest BCUT2D eigenvalue weighted by atomic mass is 10.2. The fourth-order valence-corrected chi connectivity index (χ4v) is 1.23. The predicted octanol–water partition coefficient (Wildman–Crippen LogP) is 3.03. The summed E-state index contributed by atoms with van der Waals surface area (Å²) in [5.74, 6) is -0.292. The van der Waals surface area contributed by atoms with E-state index in [1.54, 1.807) is 6.08 Å². The number of carbonyl (C=O) groups excluding carboxylic acids is 1. The Morgan fingerprint density at radius 2 is 2.07 bits per heavy atom. The monoisotopic (exact) mass is 268 g/mol. The molecule has 0 fully saturated rings. The summed E-state index contributed by atoms with van der Waals surface area (Å²) in [4.78, 5) is 11.2.